The SMILES string of the molecule is Cc1ccc(SC[C@H]2CSc3nnc(-c4ccccc4)n32)cc1. The molecule has 1 aromatic heterocycles. The molecular weight excluding hydrogens is 322 g/mol. The normalized spacial score (nSPS) is 16.5. The zero-order chi connectivity index (χ0) is 15.6. The van der Waals surface area contributed by atoms with Crippen molar-refractivity contribution >= 4 is 23.5 Å². The first-order valence-electron chi connectivity index (χ1n) is 7.64. The van der Waals surface area contributed by atoms with Gasteiger partial charge < -0.3 is 0 Å². The Hall–Kier alpha value is -1.72. The summed E-state index contributed by atoms with van der Waals surface area (Å²) in [5.74, 6) is 3.10. The lowest BCUT2D eigenvalue weighted by molar-refractivity contribution is 0.597. The lowest BCUT2D eigenvalue weighted by Crippen LogP contribution is -2.11. The number of hydrogen-bond acceptors (Lipinski definition) is 4. The van der Waals surface area contributed by atoms with Gasteiger partial charge >= 0.3 is 0 Å². The van der Waals surface area contributed by atoms with Gasteiger partial charge in [0.15, 0.2) is 11.0 Å². The third-order valence-electron chi connectivity index (χ3n) is 3.93. The van der Waals surface area contributed by atoms with E-state index in [1.54, 1.807) is 11.8 Å². The zero-order valence-electron chi connectivity index (χ0n) is 12.8. The third-order valence-corrected chi connectivity index (χ3v) is 6.17. The number of aryl methyl sites for hydroxylation is 1. The van der Waals surface area contributed by atoms with Gasteiger partial charge in [0.05, 0.1) is 6.04 Å². The second kappa shape index (κ2) is 6.42. The van der Waals surface area contributed by atoms with Crippen LogP contribution in [0, 0.1) is 6.92 Å². The van der Waals surface area contributed by atoms with Crippen molar-refractivity contribution in [2.75, 3.05) is 11.5 Å². The Kier molecular flexibility index (Phi) is 4.14. The van der Waals surface area contributed by atoms with E-state index < -0.39 is 0 Å². The van der Waals surface area contributed by atoms with Crippen molar-refractivity contribution in [1.82, 2.24) is 14.8 Å². The minimum absolute atomic E-state index is 0.437. The molecule has 3 nitrogen and oxygen atoms in total. The van der Waals surface area contributed by atoms with Crippen molar-refractivity contribution in [1.29, 1.82) is 0 Å². The molecule has 0 radical (unpaired) electrons. The Morgan fingerprint density at radius 2 is 1.87 bits per heavy atom. The molecule has 23 heavy (non-hydrogen) atoms. The summed E-state index contributed by atoms with van der Waals surface area (Å²) in [4.78, 5) is 1.32. The lowest BCUT2D eigenvalue weighted by Gasteiger charge is -2.14. The first-order chi connectivity index (χ1) is 11.3. The fourth-order valence-electron chi connectivity index (χ4n) is 2.68. The van der Waals surface area contributed by atoms with Crippen molar-refractivity contribution < 1.29 is 0 Å². The quantitative estimate of drug-likeness (QED) is 0.645. The van der Waals surface area contributed by atoms with Gasteiger partial charge in [0.1, 0.15) is 0 Å². The fraction of sp³-hybridized carbons (Fsp3) is 0.222. The molecule has 1 aliphatic rings. The Morgan fingerprint density at radius 1 is 1.09 bits per heavy atom. The van der Waals surface area contributed by atoms with E-state index in [0.29, 0.717) is 6.04 Å². The van der Waals surface area contributed by atoms with E-state index in [9.17, 15) is 0 Å². The number of fused-ring (bicyclic) bond motifs is 1. The molecule has 5 heteroatoms. The van der Waals surface area contributed by atoms with E-state index in [1.165, 1.54) is 10.5 Å². The first-order valence-corrected chi connectivity index (χ1v) is 9.61. The summed E-state index contributed by atoms with van der Waals surface area (Å²) in [6, 6.07) is 19.5. The van der Waals surface area contributed by atoms with Gasteiger partial charge in [0, 0.05) is 22.0 Å². The first kappa shape index (κ1) is 14.8. The van der Waals surface area contributed by atoms with Crippen LogP contribution in [-0.4, -0.2) is 26.3 Å². The molecule has 3 aromatic rings. The highest BCUT2D eigenvalue weighted by atomic mass is 32.2. The van der Waals surface area contributed by atoms with Crippen molar-refractivity contribution in [3.63, 3.8) is 0 Å². The summed E-state index contributed by atoms with van der Waals surface area (Å²) < 4.78 is 2.31. The van der Waals surface area contributed by atoms with Gasteiger partial charge in [-0.25, -0.2) is 0 Å². The van der Waals surface area contributed by atoms with Crippen LogP contribution in [-0.2, 0) is 0 Å². The molecule has 0 amide bonds. The van der Waals surface area contributed by atoms with Gasteiger partial charge in [-0.3, -0.25) is 4.57 Å². The molecule has 0 bridgehead atoms. The van der Waals surface area contributed by atoms with Crippen LogP contribution < -0.4 is 0 Å². The second-order valence-corrected chi connectivity index (χ2v) is 7.71. The summed E-state index contributed by atoms with van der Waals surface area (Å²) in [5.41, 5.74) is 2.44. The summed E-state index contributed by atoms with van der Waals surface area (Å²) in [6.45, 7) is 2.12. The van der Waals surface area contributed by atoms with Crippen LogP contribution in [0.4, 0.5) is 0 Å². The molecule has 0 unspecified atom stereocenters. The van der Waals surface area contributed by atoms with E-state index in [-0.39, 0.29) is 0 Å². The smallest absolute Gasteiger partial charge is 0.191 e. The van der Waals surface area contributed by atoms with E-state index in [0.717, 1.165) is 28.0 Å². The Bertz CT molecular complexity index is 797. The van der Waals surface area contributed by atoms with Gasteiger partial charge in [0.25, 0.3) is 0 Å². The monoisotopic (exact) mass is 339 g/mol. The van der Waals surface area contributed by atoms with Crippen LogP contribution in [0.5, 0.6) is 0 Å². The number of nitrogens with zero attached hydrogens (tertiary/aromatic N) is 3. The Balaban J connectivity index is 1.55. The molecule has 116 valence electrons. The minimum atomic E-state index is 0.437. The van der Waals surface area contributed by atoms with Gasteiger partial charge in [0.2, 0.25) is 0 Å². The standard InChI is InChI=1S/C18H17N3S2/c1-13-7-9-16(10-8-13)22-11-15-12-23-18-20-19-17(21(15)18)14-5-3-2-4-6-14/h2-10,15H,11-12H2,1H3/t15-/m0/s1. The molecule has 1 atom stereocenters. The fourth-order valence-corrected chi connectivity index (χ4v) is 4.89. The van der Waals surface area contributed by atoms with Crippen molar-refractivity contribution in [2.45, 2.75) is 23.0 Å². The number of aromatic nitrogens is 3. The number of rotatable bonds is 4. The largest absolute Gasteiger partial charge is 0.297 e. The molecule has 0 fully saturated rings. The summed E-state index contributed by atoms with van der Waals surface area (Å²) in [6.07, 6.45) is 0. The maximum absolute atomic E-state index is 4.41. The van der Waals surface area contributed by atoms with Crippen LogP contribution in [0.15, 0.2) is 64.6 Å². The van der Waals surface area contributed by atoms with Gasteiger partial charge in [-0.15, -0.1) is 22.0 Å². The molecular formula is C18H17N3S2. The van der Waals surface area contributed by atoms with Gasteiger partial charge in [-0.2, -0.15) is 0 Å². The molecule has 0 saturated heterocycles. The molecule has 0 spiro atoms. The number of thioether (sulfide) groups is 2. The summed E-state index contributed by atoms with van der Waals surface area (Å²) in [7, 11) is 0. The molecule has 0 saturated carbocycles. The van der Waals surface area contributed by atoms with Crippen LogP contribution >= 0.6 is 23.5 Å². The van der Waals surface area contributed by atoms with Crippen molar-refractivity contribution in [2.24, 2.45) is 0 Å². The maximum atomic E-state index is 4.41. The predicted octanol–water partition coefficient (Wildman–Crippen LogP) is 4.69. The average Bonchev–Trinajstić information content (AvgIpc) is 3.17. The van der Waals surface area contributed by atoms with E-state index in [4.69, 9.17) is 0 Å². The van der Waals surface area contributed by atoms with Crippen LogP contribution in [0.1, 0.15) is 11.6 Å². The topological polar surface area (TPSA) is 30.7 Å². The lowest BCUT2D eigenvalue weighted by atomic mass is 10.2. The van der Waals surface area contributed by atoms with E-state index in [1.807, 2.05) is 17.8 Å². The van der Waals surface area contributed by atoms with Crippen LogP contribution in [0.3, 0.4) is 0 Å². The molecule has 2 heterocycles. The van der Waals surface area contributed by atoms with E-state index >= 15 is 0 Å². The minimum Gasteiger partial charge on any atom is -0.297 e. The number of benzene rings is 2. The molecule has 0 N–H and O–H groups in total. The Labute approximate surface area is 144 Å². The highest BCUT2D eigenvalue weighted by Crippen LogP contribution is 2.38. The molecule has 2 aromatic carbocycles. The predicted molar refractivity (Wildman–Crippen MR) is 97.1 cm³/mol. The average molecular weight is 339 g/mol. The number of hydrogen-bond donors (Lipinski definition) is 0. The Morgan fingerprint density at radius 3 is 2.65 bits per heavy atom. The van der Waals surface area contributed by atoms with Crippen molar-refractivity contribution in [3.8, 4) is 11.4 Å². The second-order valence-electron chi connectivity index (χ2n) is 5.63. The van der Waals surface area contributed by atoms with Gasteiger partial charge in [-0.1, -0.05) is 59.8 Å². The summed E-state index contributed by atoms with van der Waals surface area (Å²) >= 11 is 3.71. The maximum Gasteiger partial charge on any atom is 0.191 e. The zero-order valence-corrected chi connectivity index (χ0v) is 14.5. The summed E-state index contributed by atoms with van der Waals surface area (Å²) in [5, 5.41) is 9.80. The molecule has 4 rings (SSSR count). The van der Waals surface area contributed by atoms with E-state index in [2.05, 4.69) is 70.2 Å². The van der Waals surface area contributed by atoms with Gasteiger partial charge in [-0.05, 0) is 19.1 Å². The van der Waals surface area contributed by atoms with Crippen LogP contribution in [0.25, 0.3) is 11.4 Å². The molecule has 0 aliphatic carbocycles. The highest BCUT2D eigenvalue weighted by Gasteiger charge is 2.28. The van der Waals surface area contributed by atoms with Crippen molar-refractivity contribution in [3.05, 3.63) is 60.2 Å². The molecule has 1 aliphatic heterocycles. The third kappa shape index (κ3) is 3.03. The highest BCUT2D eigenvalue weighted by molar-refractivity contribution is 8.00. The van der Waals surface area contributed by atoms with Crippen LogP contribution in [0.2, 0.25) is 0 Å².